The highest BCUT2D eigenvalue weighted by molar-refractivity contribution is 5.71. The number of esters is 1. The molecule has 0 radical (unpaired) electrons. The van der Waals surface area contributed by atoms with Crippen LogP contribution in [-0.2, 0) is 16.0 Å². The molecule has 2 aromatic heterocycles. The molecule has 0 aliphatic heterocycles. The van der Waals surface area contributed by atoms with Gasteiger partial charge in [-0.25, -0.2) is 0 Å². The number of carbonyl (C=O) groups is 1. The number of fused-ring (bicyclic) bond motifs is 1. The quantitative estimate of drug-likeness (QED) is 0.605. The van der Waals surface area contributed by atoms with Crippen LogP contribution in [0.2, 0.25) is 0 Å². The molecular formula is C20H25N5O3. The average Bonchev–Trinajstić information content (AvgIpc) is 3.07. The number of hydrogen-bond acceptors (Lipinski definition) is 7. The lowest BCUT2D eigenvalue weighted by atomic mass is 10.1. The fourth-order valence-corrected chi connectivity index (χ4v) is 2.77. The van der Waals surface area contributed by atoms with Crippen LogP contribution in [0.3, 0.4) is 0 Å². The van der Waals surface area contributed by atoms with Gasteiger partial charge < -0.3 is 14.4 Å². The normalized spacial score (nSPS) is 11.5. The van der Waals surface area contributed by atoms with Crippen molar-refractivity contribution in [2.24, 2.45) is 0 Å². The van der Waals surface area contributed by atoms with Crippen LogP contribution in [0, 0.1) is 0 Å². The molecule has 0 aliphatic rings. The van der Waals surface area contributed by atoms with Crippen LogP contribution in [0.4, 0.5) is 11.6 Å². The second-order valence-electron chi connectivity index (χ2n) is 7.40. The Hall–Kier alpha value is -3.16. The summed E-state index contributed by atoms with van der Waals surface area (Å²) in [6.45, 7) is 5.55. The summed E-state index contributed by atoms with van der Waals surface area (Å²) in [5.74, 6) is 0.311. The summed E-state index contributed by atoms with van der Waals surface area (Å²) in [6.07, 6.45) is 2.41. The number of ether oxygens (including phenoxy) is 2. The molecule has 0 aliphatic carbocycles. The SMILES string of the molecule is COc1nc(N(C)c2ccccc2)n2ncc(CCC(=O)OC(C)(C)C)c2n1. The first-order valence-electron chi connectivity index (χ1n) is 9.08. The van der Waals surface area contributed by atoms with Crippen molar-refractivity contribution in [1.29, 1.82) is 0 Å². The number of aromatic nitrogens is 4. The summed E-state index contributed by atoms with van der Waals surface area (Å²) in [5, 5.41) is 4.44. The first kappa shape index (κ1) is 19.6. The van der Waals surface area contributed by atoms with Gasteiger partial charge in [-0.15, -0.1) is 0 Å². The average molecular weight is 383 g/mol. The van der Waals surface area contributed by atoms with Gasteiger partial charge in [0.05, 0.1) is 13.3 Å². The van der Waals surface area contributed by atoms with Crippen LogP contribution in [0.5, 0.6) is 6.01 Å². The molecule has 0 amide bonds. The number of hydrogen-bond donors (Lipinski definition) is 0. The van der Waals surface area contributed by atoms with Gasteiger partial charge in [-0.3, -0.25) is 4.79 Å². The van der Waals surface area contributed by atoms with Crippen molar-refractivity contribution in [3.8, 4) is 6.01 Å². The predicted molar refractivity (Wildman–Crippen MR) is 106 cm³/mol. The van der Waals surface area contributed by atoms with Gasteiger partial charge in [0.25, 0.3) is 0 Å². The fourth-order valence-electron chi connectivity index (χ4n) is 2.77. The smallest absolute Gasteiger partial charge is 0.321 e. The van der Waals surface area contributed by atoms with Crippen LogP contribution in [-0.4, -0.2) is 45.3 Å². The highest BCUT2D eigenvalue weighted by Crippen LogP contribution is 2.25. The molecule has 3 rings (SSSR count). The van der Waals surface area contributed by atoms with E-state index in [-0.39, 0.29) is 18.4 Å². The third kappa shape index (κ3) is 4.39. The maximum Gasteiger partial charge on any atom is 0.321 e. The lowest BCUT2D eigenvalue weighted by Crippen LogP contribution is -2.24. The maximum atomic E-state index is 12.1. The standard InChI is InChI=1S/C20H25N5O3/c1-20(2,3)28-16(26)12-11-14-13-21-25-17(14)22-18(27-5)23-19(25)24(4)15-9-7-6-8-10-15/h6-10,13H,11-12H2,1-5H3. The molecule has 0 N–H and O–H groups in total. The van der Waals surface area contributed by atoms with Crippen molar-refractivity contribution >= 4 is 23.3 Å². The molecule has 2 heterocycles. The van der Waals surface area contributed by atoms with E-state index in [0.717, 1.165) is 11.3 Å². The van der Waals surface area contributed by atoms with Gasteiger partial charge >= 0.3 is 12.0 Å². The molecule has 0 saturated heterocycles. The zero-order chi connectivity index (χ0) is 20.3. The minimum Gasteiger partial charge on any atom is -0.467 e. The Labute approximate surface area is 164 Å². The van der Waals surface area contributed by atoms with E-state index in [1.54, 1.807) is 10.7 Å². The molecule has 28 heavy (non-hydrogen) atoms. The molecular weight excluding hydrogens is 358 g/mol. The Morgan fingerprint density at radius 3 is 2.54 bits per heavy atom. The third-order valence-corrected chi connectivity index (χ3v) is 4.05. The summed E-state index contributed by atoms with van der Waals surface area (Å²) in [5.41, 5.74) is 1.88. The summed E-state index contributed by atoms with van der Waals surface area (Å²) < 4.78 is 12.3. The van der Waals surface area contributed by atoms with E-state index in [4.69, 9.17) is 9.47 Å². The van der Waals surface area contributed by atoms with E-state index in [1.165, 1.54) is 7.11 Å². The summed E-state index contributed by atoms with van der Waals surface area (Å²) in [4.78, 5) is 22.8. The maximum absolute atomic E-state index is 12.1. The Morgan fingerprint density at radius 1 is 1.18 bits per heavy atom. The van der Waals surface area contributed by atoms with Crippen LogP contribution in [0.25, 0.3) is 5.65 Å². The second-order valence-corrected chi connectivity index (χ2v) is 7.40. The summed E-state index contributed by atoms with van der Waals surface area (Å²) >= 11 is 0. The Kier molecular flexibility index (Phi) is 5.48. The van der Waals surface area contributed by atoms with Gasteiger partial charge in [0.1, 0.15) is 5.60 Å². The number of methoxy groups -OCH3 is 1. The molecule has 0 unspecified atom stereocenters. The van der Waals surface area contributed by atoms with Crippen molar-refractivity contribution in [2.75, 3.05) is 19.1 Å². The van der Waals surface area contributed by atoms with E-state index in [9.17, 15) is 4.79 Å². The second kappa shape index (κ2) is 7.84. The number of rotatable bonds is 6. The molecule has 3 aromatic rings. The topological polar surface area (TPSA) is 81.8 Å². The lowest BCUT2D eigenvalue weighted by Gasteiger charge is -2.19. The Bertz CT molecular complexity index is 963. The van der Waals surface area contributed by atoms with Gasteiger partial charge in [-0.2, -0.15) is 19.6 Å². The zero-order valence-corrected chi connectivity index (χ0v) is 16.8. The van der Waals surface area contributed by atoms with E-state index >= 15 is 0 Å². The van der Waals surface area contributed by atoms with Crippen molar-refractivity contribution < 1.29 is 14.3 Å². The molecule has 148 valence electrons. The Morgan fingerprint density at radius 2 is 1.89 bits per heavy atom. The monoisotopic (exact) mass is 383 g/mol. The van der Waals surface area contributed by atoms with Crippen LogP contribution < -0.4 is 9.64 Å². The van der Waals surface area contributed by atoms with E-state index in [0.29, 0.717) is 18.0 Å². The van der Waals surface area contributed by atoms with E-state index < -0.39 is 5.60 Å². The number of anilines is 2. The number of benzene rings is 1. The van der Waals surface area contributed by atoms with Crippen LogP contribution in [0.15, 0.2) is 36.5 Å². The first-order valence-corrected chi connectivity index (χ1v) is 9.08. The molecule has 1 aromatic carbocycles. The minimum absolute atomic E-state index is 0.240. The molecule has 0 saturated carbocycles. The highest BCUT2D eigenvalue weighted by Gasteiger charge is 2.20. The first-order chi connectivity index (χ1) is 13.3. The predicted octanol–water partition coefficient (Wildman–Crippen LogP) is 3.18. The largest absolute Gasteiger partial charge is 0.467 e. The molecule has 8 heteroatoms. The Balaban J connectivity index is 1.92. The number of aryl methyl sites for hydroxylation is 1. The number of carbonyl (C=O) groups excluding carboxylic acids is 1. The van der Waals surface area contributed by atoms with E-state index in [2.05, 4.69) is 15.1 Å². The number of nitrogens with zero attached hydrogens (tertiary/aromatic N) is 5. The minimum atomic E-state index is -0.505. The highest BCUT2D eigenvalue weighted by atomic mass is 16.6. The summed E-state index contributed by atoms with van der Waals surface area (Å²) in [6, 6.07) is 10.1. The molecule has 0 fully saturated rings. The van der Waals surface area contributed by atoms with Gasteiger partial charge in [-0.1, -0.05) is 18.2 Å². The zero-order valence-electron chi connectivity index (χ0n) is 16.8. The third-order valence-electron chi connectivity index (χ3n) is 4.05. The van der Waals surface area contributed by atoms with Gasteiger partial charge in [0.2, 0.25) is 5.95 Å². The van der Waals surface area contributed by atoms with Crippen LogP contribution in [0.1, 0.15) is 32.8 Å². The molecule has 0 spiro atoms. The van der Waals surface area contributed by atoms with E-state index in [1.807, 2.05) is 63.1 Å². The molecule has 0 atom stereocenters. The van der Waals surface area contributed by atoms with Gasteiger partial charge in [0, 0.05) is 24.7 Å². The molecule has 8 nitrogen and oxygen atoms in total. The lowest BCUT2D eigenvalue weighted by molar-refractivity contribution is -0.154. The van der Waals surface area contributed by atoms with Crippen molar-refractivity contribution in [3.05, 3.63) is 42.1 Å². The van der Waals surface area contributed by atoms with Gasteiger partial charge in [0.15, 0.2) is 5.65 Å². The summed E-state index contributed by atoms with van der Waals surface area (Å²) in [7, 11) is 3.42. The van der Waals surface area contributed by atoms with Gasteiger partial charge in [-0.05, 0) is 39.3 Å². The van der Waals surface area contributed by atoms with Crippen molar-refractivity contribution in [1.82, 2.24) is 19.6 Å². The molecule has 0 bridgehead atoms. The van der Waals surface area contributed by atoms with Crippen molar-refractivity contribution in [2.45, 2.75) is 39.2 Å². The van der Waals surface area contributed by atoms with Crippen LogP contribution >= 0.6 is 0 Å². The number of para-hydroxylation sites is 1. The fraction of sp³-hybridized carbons (Fsp3) is 0.400. The van der Waals surface area contributed by atoms with Crippen molar-refractivity contribution in [3.63, 3.8) is 0 Å².